The van der Waals surface area contributed by atoms with Crippen molar-refractivity contribution in [1.29, 1.82) is 0 Å². The molecule has 22 heavy (non-hydrogen) atoms. The first-order valence-electron chi connectivity index (χ1n) is 7.47. The van der Waals surface area contributed by atoms with Gasteiger partial charge in [0.25, 0.3) is 0 Å². The van der Waals surface area contributed by atoms with Crippen LogP contribution in [-0.2, 0) is 0 Å². The Labute approximate surface area is 131 Å². The molecule has 0 fully saturated rings. The molecule has 0 bridgehead atoms. The van der Waals surface area contributed by atoms with Crippen molar-refractivity contribution in [3.63, 3.8) is 0 Å². The molecule has 0 saturated heterocycles. The van der Waals surface area contributed by atoms with E-state index in [1.807, 2.05) is 44.4 Å². The van der Waals surface area contributed by atoms with E-state index < -0.39 is 0 Å². The summed E-state index contributed by atoms with van der Waals surface area (Å²) < 4.78 is 5.83. The lowest BCUT2D eigenvalue weighted by Crippen LogP contribution is -2.19. The molecule has 2 aromatic carbocycles. The summed E-state index contributed by atoms with van der Waals surface area (Å²) >= 11 is 0. The molecule has 3 rings (SSSR count). The maximum absolute atomic E-state index is 5.83. The number of rotatable bonds is 5. The molecule has 3 heteroatoms. The molecular formula is C19H20N2O. The van der Waals surface area contributed by atoms with E-state index in [0.717, 1.165) is 23.0 Å². The smallest absolute Gasteiger partial charge is 0.214 e. The Morgan fingerprint density at radius 3 is 2.45 bits per heavy atom. The number of likely N-dealkylation sites (N-methyl/N-ethyl adjacent to an activating group) is 1. The largest absolute Gasteiger partial charge is 0.476 e. The molecular weight excluding hydrogens is 272 g/mol. The normalized spacial score (nSPS) is 11.0. The van der Waals surface area contributed by atoms with Crippen LogP contribution in [0.25, 0.3) is 22.0 Å². The molecule has 3 aromatic rings. The number of fused-ring (bicyclic) bond motifs is 1. The highest BCUT2D eigenvalue weighted by Crippen LogP contribution is 2.30. The van der Waals surface area contributed by atoms with E-state index in [1.54, 1.807) is 0 Å². The highest BCUT2D eigenvalue weighted by molar-refractivity contribution is 5.95. The first-order chi connectivity index (χ1) is 10.7. The highest BCUT2D eigenvalue weighted by atomic mass is 16.5. The van der Waals surface area contributed by atoms with Gasteiger partial charge in [-0.15, -0.1) is 0 Å². The molecule has 0 spiro atoms. The SMILES string of the molecule is CN(C)CCOc1cc(-c2ccccc2)c2ccccc2n1. The fourth-order valence-electron chi connectivity index (χ4n) is 2.41. The zero-order chi connectivity index (χ0) is 15.4. The van der Waals surface area contributed by atoms with E-state index in [2.05, 4.69) is 40.2 Å². The van der Waals surface area contributed by atoms with Crippen LogP contribution in [0.5, 0.6) is 5.88 Å². The number of hydrogen-bond donors (Lipinski definition) is 0. The molecule has 0 atom stereocenters. The van der Waals surface area contributed by atoms with Crippen LogP contribution in [0.3, 0.4) is 0 Å². The number of para-hydroxylation sites is 1. The van der Waals surface area contributed by atoms with Gasteiger partial charge in [-0.2, -0.15) is 0 Å². The Balaban J connectivity index is 2.01. The number of aromatic nitrogens is 1. The Bertz CT molecular complexity index is 754. The van der Waals surface area contributed by atoms with Gasteiger partial charge in [-0.25, -0.2) is 4.98 Å². The summed E-state index contributed by atoms with van der Waals surface area (Å²) in [6.45, 7) is 1.50. The van der Waals surface area contributed by atoms with Crippen LogP contribution in [0, 0.1) is 0 Å². The Morgan fingerprint density at radius 2 is 1.68 bits per heavy atom. The average Bonchev–Trinajstić information content (AvgIpc) is 2.54. The van der Waals surface area contributed by atoms with E-state index in [0.29, 0.717) is 12.5 Å². The monoisotopic (exact) mass is 292 g/mol. The van der Waals surface area contributed by atoms with Gasteiger partial charge in [-0.05, 0) is 31.3 Å². The van der Waals surface area contributed by atoms with Gasteiger partial charge in [0.1, 0.15) is 6.61 Å². The van der Waals surface area contributed by atoms with Gasteiger partial charge in [0.05, 0.1) is 5.52 Å². The molecule has 1 aromatic heterocycles. The molecule has 0 N–H and O–H groups in total. The molecule has 0 amide bonds. The minimum Gasteiger partial charge on any atom is -0.476 e. The Morgan fingerprint density at radius 1 is 0.955 bits per heavy atom. The van der Waals surface area contributed by atoms with Crippen LogP contribution < -0.4 is 4.74 Å². The maximum atomic E-state index is 5.83. The first kappa shape index (κ1) is 14.5. The zero-order valence-corrected chi connectivity index (χ0v) is 13.0. The van der Waals surface area contributed by atoms with Crippen molar-refractivity contribution in [2.45, 2.75) is 0 Å². The van der Waals surface area contributed by atoms with Gasteiger partial charge < -0.3 is 9.64 Å². The Hall–Kier alpha value is -2.39. The molecule has 0 saturated carbocycles. The number of ether oxygens (including phenoxy) is 1. The van der Waals surface area contributed by atoms with Crippen molar-refractivity contribution < 1.29 is 4.74 Å². The lowest BCUT2D eigenvalue weighted by Gasteiger charge is -2.13. The predicted octanol–water partition coefficient (Wildman–Crippen LogP) is 3.84. The fraction of sp³-hybridized carbons (Fsp3) is 0.211. The van der Waals surface area contributed by atoms with Crippen LogP contribution in [-0.4, -0.2) is 37.1 Å². The van der Waals surface area contributed by atoms with Crippen LogP contribution in [0.15, 0.2) is 60.7 Å². The maximum Gasteiger partial charge on any atom is 0.214 e. The van der Waals surface area contributed by atoms with E-state index in [1.165, 1.54) is 5.56 Å². The third kappa shape index (κ3) is 3.26. The standard InChI is InChI=1S/C19H20N2O/c1-21(2)12-13-22-19-14-17(15-8-4-3-5-9-15)16-10-6-7-11-18(16)20-19/h3-11,14H,12-13H2,1-2H3. The second kappa shape index (κ2) is 6.58. The van der Waals surface area contributed by atoms with Gasteiger partial charge in [0.2, 0.25) is 5.88 Å². The Kier molecular flexibility index (Phi) is 4.35. The molecule has 1 heterocycles. The highest BCUT2D eigenvalue weighted by Gasteiger charge is 2.08. The van der Waals surface area contributed by atoms with E-state index in [-0.39, 0.29) is 0 Å². The summed E-state index contributed by atoms with van der Waals surface area (Å²) in [5, 5.41) is 1.15. The van der Waals surface area contributed by atoms with Crippen molar-refractivity contribution in [1.82, 2.24) is 9.88 Å². The van der Waals surface area contributed by atoms with Crippen molar-refractivity contribution in [2.75, 3.05) is 27.2 Å². The van der Waals surface area contributed by atoms with Gasteiger partial charge in [-0.3, -0.25) is 0 Å². The molecule has 0 unspecified atom stereocenters. The number of nitrogens with zero attached hydrogens (tertiary/aromatic N) is 2. The third-order valence-electron chi connectivity index (χ3n) is 3.57. The number of pyridine rings is 1. The van der Waals surface area contributed by atoms with Crippen molar-refractivity contribution in [3.05, 3.63) is 60.7 Å². The number of hydrogen-bond acceptors (Lipinski definition) is 3. The van der Waals surface area contributed by atoms with E-state index >= 15 is 0 Å². The van der Waals surface area contributed by atoms with Gasteiger partial charge >= 0.3 is 0 Å². The molecule has 112 valence electrons. The third-order valence-corrected chi connectivity index (χ3v) is 3.57. The molecule has 3 nitrogen and oxygen atoms in total. The summed E-state index contributed by atoms with van der Waals surface area (Å²) in [4.78, 5) is 6.71. The summed E-state index contributed by atoms with van der Waals surface area (Å²) in [5.74, 6) is 0.680. The van der Waals surface area contributed by atoms with E-state index in [4.69, 9.17) is 4.74 Å². The minimum absolute atomic E-state index is 0.632. The fourth-order valence-corrected chi connectivity index (χ4v) is 2.41. The van der Waals surface area contributed by atoms with Crippen molar-refractivity contribution >= 4 is 10.9 Å². The van der Waals surface area contributed by atoms with Crippen molar-refractivity contribution in [3.8, 4) is 17.0 Å². The molecule has 0 aliphatic heterocycles. The predicted molar refractivity (Wildman–Crippen MR) is 91.2 cm³/mol. The molecule has 0 aliphatic rings. The minimum atomic E-state index is 0.632. The number of benzene rings is 2. The summed E-state index contributed by atoms with van der Waals surface area (Å²) in [6, 6.07) is 20.6. The van der Waals surface area contributed by atoms with Gasteiger partial charge in [0, 0.05) is 18.0 Å². The lowest BCUT2D eigenvalue weighted by atomic mass is 10.0. The topological polar surface area (TPSA) is 25.4 Å². The second-order valence-electron chi connectivity index (χ2n) is 5.54. The van der Waals surface area contributed by atoms with Crippen LogP contribution in [0.4, 0.5) is 0 Å². The lowest BCUT2D eigenvalue weighted by molar-refractivity contribution is 0.254. The van der Waals surface area contributed by atoms with Crippen LogP contribution in [0.1, 0.15) is 0 Å². The average molecular weight is 292 g/mol. The van der Waals surface area contributed by atoms with Crippen molar-refractivity contribution in [2.24, 2.45) is 0 Å². The second-order valence-corrected chi connectivity index (χ2v) is 5.54. The summed E-state index contributed by atoms with van der Waals surface area (Å²) in [5.41, 5.74) is 3.30. The molecule has 0 radical (unpaired) electrons. The quantitative estimate of drug-likeness (QED) is 0.714. The van der Waals surface area contributed by atoms with Gasteiger partial charge in [0.15, 0.2) is 0 Å². The molecule has 0 aliphatic carbocycles. The van der Waals surface area contributed by atoms with Crippen LogP contribution >= 0.6 is 0 Å². The summed E-state index contributed by atoms with van der Waals surface area (Å²) in [7, 11) is 4.07. The zero-order valence-electron chi connectivity index (χ0n) is 13.0. The van der Waals surface area contributed by atoms with Crippen LogP contribution in [0.2, 0.25) is 0 Å². The van der Waals surface area contributed by atoms with E-state index in [9.17, 15) is 0 Å². The van der Waals surface area contributed by atoms with Gasteiger partial charge in [-0.1, -0.05) is 48.5 Å². The first-order valence-corrected chi connectivity index (χ1v) is 7.47. The summed E-state index contributed by atoms with van der Waals surface area (Å²) in [6.07, 6.45) is 0.